The molecule has 4 rings (SSSR count). The van der Waals surface area contributed by atoms with Crippen LogP contribution in [0.3, 0.4) is 0 Å². The third-order valence-corrected chi connectivity index (χ3v) is 6.72. The summed E-state index contributed by atoms with van der Waals surface area (Å²) in [7, 11) is 0. The number of aryl methyl sites for hydroxylation is 2. The summed E-state index contributed by atoms with van der Waals surface area (Å²) in [6.07, 6.45) is 1.85. The van der Waals surface area contributed by atoms with Gasteiger partial charge in [-0.2, -0.15) is 5.10 Å². The number of esters is 1. The Balaban J connectivity index is 1.97. The molecule has 0 bridgehead atoms. The Bertz CT molecular complexity index is 1440. The Hall–Kier alpha value is -3.46. The van der Waals surface area contributed by atoms with Gasteiger partial charge in [-0.1, -0.05) is 23.5 Å². The summed E-state index contributed by atoms with van der Waals surface area (Å²) >= 11 is 1.28. The molecule has 8 nitrogen and oxygen atoms in total. The zero-order valence-electron chi connectivity index (χ0n) is 19.2. The number of allylic oxidation sites excluding steroid dienone is 1. The first-order valence-electron chi connectivity index (χ1n) is 10.8. The fourth-order valence-corrected chi connectivity index (χ4v) is 5.15. The molecule has 1 atom stereocenters. The predicted octanol–water partition coefficient (Wildman–Crippen LogP) is 2.34. The minimum Gasteiger partial charge on any atom is -0.508 e. The Labute approximate surface area is 194 Å². The second-order valence-corrected chi connectivity index (χ2v) is 8.80. The number of phenols is 1. The molecule has 0 saturated heterocycles. The number of nitrogens with zero attached hydrogens (tertiary/aromatic N) is 4. The molecule has 0 fully saturated rings. The van der Waals surface area contributed by atoms with Crippen LogP contribution in [0.25, 0.3) is 6.08 Å². The van der Waals surface area contributed by atoms with Crippen LogP contribution < -0.4 is 14.9 Å². The molecule has 9 heteroatoms. The van der Waals surface area contributed by atoms with E-state index in [1.165, 1.54) is 28.0 Å². The summed E-state index contributed by atoms with van der Waals surface area (Å²) in [4.78, 5) is 31.6. The molecule has 172 valence electrons. The lowest BCUT2D eigenvalue weighted by molar-refractivity contribution is -0.139. The van der Waals surface area contributed by atoms with Crippen molar-refractivity contribution in [2.24, 2.45) is 4.99 Å². The van der Waals surface area contributed by atoms with Gasteiger partial charge in [0.15, 0.2) is 4.80 Å². The number of hydrogen-bond acceptors (Lipinski definition) is 7. The summed E-state index contributed by atoms with van der Waals surface area (Å²) in [6.45, 7) is 10.4. The van der Waals surface area contributed by atoms with E-state index >= 15 is 0 Å². The quantitative estimate of drug-likeness (QED) is 0.582. The van der Waals surface area contributed by atoms with Crippen molar-refractivity contribution in [3.8, 4) is 5.75 Å². The molecule has 1 aliphatic rings. The standard InChI is InChI=1S/C24H26N4O4S/c1-6-27-15(5)18(13(3)26-27)12-19-22(30)28-21(16-8-10-17(29)11-9-16)20(23(31)32-7-2)14(4)25-24(28)33-19/h8-12,21,29H,6-7H2,1-5H3/b19-12+/t21-/m0/s1. The topological polar surface area (TPSA) is 98.7 Å². The number of carbonyl (C=O) groups is 1. The first-order chi connectivity index (χ1) is 15.8. The Morgan fingerprint density at radius 1 is 1.21 bits per heavy atom. The molecule has 2 aromatic heterocycles. The second kappa shape index (κ2) is 8.82. The normalized spacial score (nSPS) is 16.0. The first-order valence-corrected chi connectivity index (χ1v) is 11.6. The van der Waals surface area contributed by atoms with Crippen molar-refractivity contribution in [3.05, 3.63) is 77.7 Å². The van der Waals surface area contributed by atoms with E-state index in [1.54, 1.807) is 26.0 Å². The molecule has 1 aromatic carbocycles. The van der Waals surface area contributed by atoms with Crippen LogP contribution in [0.2, 0.25) is 0 Å². The number of rotatable bonds is 5. The molecule has 0 saturated carbocycles. The number of phenolic OH excluding ortho intramolecular Hbond substituents is 1. The van der Waals surface area contributed by atoms with Gasteiger partial charge >= 0.3 is 5.97 Å². The highest BCUT2D eigenvalue weighted by Crippen LogP contribution is 2.31. The maximum absolute atomic E-state index is 13.6. The average molecular weight is 467 g/mol. The van der Waals surface area contributed by atoms with Crippen molar-refractivity contribution in [2.45, 2.75) is 47.2 Å². The van der Waals surface area contributed by atoms with Gasteiger partial charge < -0.3 is 9.84 Å². The molecule has 3 aromatic rings. The van der Waals surface area contributed by atoms with Gasteiger partial charge in [0.1, 0.15) is 5.75 Å². The number of aromatic nitrogens is 3. The van der Waals surface area contributed by atoms with Gasteiger partial charge in [0.2, 0.25) is 0 Å². The summed E-state index contributed by atoms with van der Waals surface area (Å²) in [5.74, 6) is -0.412. The Morgan fingerprint density at radius 3 is 2.52 bits per heavy atom. The average Bonchev–Trinajstić information content (AvgIpc) is 3.23. The number of aromatic hydroxyl groups is 1. The summed E-state index contributed by atoms with van der Waals surface area (Å²) in [5.41, 5.74) is 4.00. The van der Waals surface area contributed by atoms with E-state index in [2.05, 4.69) is 10.1 Å². The SMILES string of the molecule is CCOC(=O)C1=C(C)N=c2s/c(=C/c3c(C)nn(CC)c3C)c(=O)n2[C@H]1c1ccc(O)cc1. The van der Waals surface area contributed by atoms with Crippen molar-refractivity contribution in [1.29, 1.82) is 0 Å². The van der Waals surface area contributed by atoms with E-state index in [9.17, 15) is 14.7 Å². The third kappa shape index (κ3) is 3.93. The Kier molecular flexibility index (Phi) is 6.07. The van der Waals surface area contributed by atoms with Crippen LogP contribution in [0.1, 0.15) is 49.3 Å². The molecule has 1 aliphatic heterocycles. The Morgan fingerprint density at radius 2 is 1.91 bits per heavy atom. The van der Waals surface area contributed by atoms with Crippen molar-refractivity contribution >= 4 is 23.4 Å². The summed E-state index contributed by atoms with van der Waals surface area (Å²) in [6, 6.07) is 5.77. The van der Waals surface area contributed by atoms with Gasteiger partial charge in [-0.05, 0) is 58.4 Å². The minimum absolute atomic E-state index is 0.100. The van der Waals surface area contributed by atoms with E-state index in [1.807, 2.05) is 31.5 Å². The van der Waals surface area contributed by atoms with Gasteiger partial charge in [-0.15, -0.1) is 0 Å². The highest BCUT2D eigenvalue weighted by molar-refractivity contribution is 7.07. The minimum atomic E-state index is -0.705. The monoisotopic (exact) mass is 466 g/mol. The fraction of sp³-hybridized carbons (Fsp3) is 0.333. The maximum Gasteiger partial charge on any atom is 0.338 e. The van der Waals surface area contributed by atoms with Crippen molar-refractivity contribution in [1.82, 2.24) is 14.3 Å². The highest BCUT2D eigenvalue weighted by atomic mass is 32.1. The molecule has 0 spiro atoms. The van der Waals surface area contributed by atoms with Gasteiger partial charge in [0.05, 0.1) is 34.1 Å². The molecule has 0 radical (unpaired) electrons. The van der Waals surface area contributed by atoms with Crippen LogP contribution in [0.4, 0.5) is 0 Å². The second-order valence-electron chi connectivity index (χ2n) is 7.79. The first kappa shape index (κ1) is 22.7. The van der Waals surface area contributed by atoms with Gasteiger partial charge in [-0.3, -0.25) is 14.0 Å². The number of hydrogen-bond donors (Lipinski definition) is 1. The smallest absolute Gasteiger partial charge is 0.338 e. The lowest BCUT2D eigenvalue weighted by Crippen LogP contribution is -2.39. The van der Waals surface area contributed by atoms with E-state index in [-0.39, 0.29) is 17.9 Å². The molecular weight excluding hydrogens is 440 g/mol. The van der Waals surface area contributed by atoms with Crippen LogP contribution in [0, 0.1) is 13.8 Å². The van der Waals surface area contributed by atoms with Gasteiger partial charge in [-0.25, -0.2) is 9.79 Å². The van der Waals surface area contributed by atoms with Gasteiger partial charge in [0.25, 0.3) is 5.56 Å². The van der Waals surface area contributed by atoms with Crippen LogP contribution >= 0.6 is 11.3 Å². The summed E-state index contributed by atoms with van der Waals surface area (Å²) < 4.78 is 9.25. The van der Waals surface area contributed by atoms with Crippen LogP contribution in [-0.4, -0.2) is 32.0 Å². The molecule has 0 aliphatic carbocycles. The van der Waals surface area contributed by atoms with E-state index < -0.39 is 12.0 Å². The zero-order valence-corrected chi connectivity index (χ0v) is 20.1. The third-order valence-electron chi connectivity index (χ3n) is 5.74. The number of thiazole rings is 1. The van der Waals surface area contributed by atoms with E-state index in [0.29, 0.717) is 26.2 Å². The number of benzene rings is 1. The molecule has 1 N–H and O–H groups in total. The predicted molar refractivity (Wildman–Crippen MR) is 126 cm³/mol. The molecule has 0 amide bonds. The van der Waals surface area contributed by atoms with E-state index in [4.69, 9.17) is 4.74 Å². The van der Waals surface area contributed by atoms with Crippen molar-refractivity contribution < 1.29 is 14.6 Å². The molecule has 3 heterocycles. The molecule has 33 heavy (non-hydrogen) atoms. The van der Waals surface area contributed by atoms with Crippen molar-refractivity contribution in [2.75, 3.05) is 6.61 Å². The van der Waals surface area contributed by atoms with Gasteiger partial charge in [0, 0.05) is 17.8 Å². The van der Waals surface area contributed by atoms with Crippen LogP contribution in [0.5, 0.6) is 5.75 Å². The molecule has 0 unspecified atom stereocenters. The lowest BCUT2D eigenvalue weighted by atomic mass is 9.96. The fourth-order valence-electron chi connectivity index (χ4n) is 4.12. The summed E-state index contributed by atoms with van der Waals surface area (Å²) in [5, 5.41) is 14.3. The number of ether oxygens (including phenoxy) is 1. The van der Waals surface area contributed by atoms with Crippen molar-refractivity contribution in [3.63, 3.8) is 0 Å². The lowest BCUT2D eigenvalue weighted by Gasteiger charge is -2.24. The molecular formula is C24H26N4O4S. The maximum atomic E-state index is 13.6. The van der Waals surface area contributed by atoms with Crippen LogP contribution in [0.15, 0.2) is 45.3 Å². The number of carbonyl (C=O) groups excluding carboxylic acids is 1. The largest absolute Gasteiger partial charge is 0.508 e. The highest BCUT2D eigenvalue weighted by Gasteiger charge is 2.33. The zero-order chi connectivity index (χ0) is 23.9. The van der Waals surface area contributed by atoms with Crippen LogP contribution in [-0.2, 0) is 16.1 Å². The van der Waals surface area contributed by atoms with E-state index in [0.717, 1.165) is 23.5 Å². The number of fused-ring (bicyclic) bond motifs is 1.